The lowest BCUT2D eigenvalue weighted by molar-refractivity contribution is -0.137. The third kappa shape index (κ3) is 2.49. The fraction of sp³-hybridized carbons (Fsp3) is 0.667. The summed E-state index contributed by atoms with van der Waals surface area (Å²) < 4.78 is 36.8. The van der Waals surface area contributed by atoms with Gasteiger partial charge in [-0.1, -0.05) is 13.8 Å². The molecule has 1 N–H and O–H groups in total. The van der Waals surface area contributed by atoms with Crippen molar-refractivity contribution in [2.75, 3.05) is 0 Å². The van der Waals surface area contributed by atoms with E-state index in [-0.39, 0.29) is 4.88 Å². The van der Waals surface area contributed by atoms with Crippen LogP contribution in [0.25, 0.3) is 0 Å². The van der Waals surface area contributed by atoms with Crippen molar-refractivity contribution < 1.29 is 18.3 Å². The summed E-state index contributed by atoms with van der Waals surface area (Å²) in [5.74, 6) is 0. The Morgan fingerprint density at radius 3 is 2.20 bits per heavy atom. The Kier molecular flexibility index (Phi) is 3.40. The summed E-state index contributed by atoms with van der Waals surface area (Å²) in [5.41, 5.74) is -1.18. The molecule has 6 heteroatoms. The molecule has 86 valence electrons. The monoisotopic (exact) mass is 239 g/mol. The highest BCUT2D eigenvalue weighted by molar-refractivity contribution is 7.11. The van der Waals surface area contributed by atoms with E-state index in [1.54, 1.807) is 13.8 Å². The number of aliphatic hydroxyl groups is 1. The van der Waals surface area contributed by atoms with Gasteiger partial charge in [0.25, 0.3) is 0 Å². The third-order valence-electron chi connectivity index (χ3n) is 2.38. The van der Waals surface area contributed by atoms with Crippen LogP contribution in [0.15, 0.2) is 6.20 Å². The van der Waals surface area contributed by atoms with Gasteiger partial charge < -0.3 is 5.11 Å². The summed E-state index contributed by atoms with van der Waals surface area (Å²) in [4.78, 5) is 3.56. The van der Waals surface area contributed by atoms with Crippen molar-refractivity contribution in [3.63, 3.8) is 0 Å². The number of nitrogens with zero attached hydrogens (tertiary/aromatic N) is 1. The normalized spacial score (nSPS) is 13.2. The predicted molar refractivity (Wildman–Crippen MR) is 51.6 cm³/mol. The van der Waals surface area contributed by atoms with Crippen molar-refractivity contribution in [1.29, 1.82) is 0 Å². The van der Waals surface area contributed by atoms with Crippen molar-refractivity contribution in [1.82, 2.24) is 4.98 Å². The standard InChI is InChI=1S/C9H12F3NOS/c1-3-8(14,4-2)6-5-13-7(15-6)9(10,11)12/h5,14H,3-4H2,1-2H3. The van der Waals surface area contributed by atoms with Gasteiger partial charge in [0.1, 0.15) is 0 Å². The first-order chi connectivity index (χ1) is 6.83. The van der Waals surface area contributed by atoms with Gasteiger partial charge in [0.15, 0.2) is 5.01 Å². The van der Waals surface area contributed by atoms with Crippen LogP contribution in [-0.2, 0) is 11.8 Å². The van der Waals surface area contributed by atoms with Crippen molar-refractivity contribution in [2.45, 2.75) is 38.5 Å². The van der Waals surface area contributed by atoms with E-state index in [2.05, 4.69) is 4.98 Å². The largest absolute Gasteiger partial charge is 0.443 e. The predicted octanol–water partition coefficient (Wildman–Crippen LogP) is 3.17. The minimum atomic E-state index is -4.43. The average molecular weight is 239 g/mol. The summed E-state index contributed by atoms with van der Waals surface area (Å²) in [5, 5.41) is 9.08. The number of rotatable bonds is 3. The molecule has 1 aromatic rings. The average Bonchev–Trinajstić information content (AvgIpc) is 2.65. The fourth-order valence-electron chi connectivity index (χ4n) is 1.22. The Labute approximate surface area is 89.8 Å². The van der Waals surface area contributed by atoms with Crippen LogP contribution in [0.5, 0.6) is 0 Å². The van der Waals surface area contributed by atoms with Crippen LogP contribution >= 0.6 is 11.3 Å². The third-order valence-corrected chi connectivity index (χ3v) is 3.61. The molecule has 0 amide bonds. The number of aromatic nitrogens is 1. The molecule has 0 aliphatic carbocycles. The molecular formula is C9H12F3NOS. The lowest BCUT2D eigenvalue weighted by Gasteiger charge is -2.22. The van der Waals surface area contributed by atoms with Gasteiger partial charge in [-0.3, -0.25) is 0 Å². The second-order valence-corrected chi connectivity index (χ2v) is 4.30. The molecule has 1 aromatic heterocycles. The summed E-state index contributed by atoms with van der Waals surface area (Å²) in [6.45, 7) is 3.47. The van der Waals surface area contributed by atoms with Gasteiger partial charge in [0.2, 0.25) is 0 Å². The zero-order chi connectivity index (χ0) is 11.7. The van der Waals surface area contributed by atoms with E-state index < -0.39 is 16.8 Å². The van der Waals surface area contributed by atoms with Crippen LogP contribution in [0.4, 0.5) is 13.2 Å². The van der Waals surface area contributed by atoms with Crippen LogP contribution in [-0.4, -0.2) is 10.1 Å². The van der Waals surface area contributed by atoms with Crippen LogP contribution in [0.3, 0.4) is 0 Å². The first-order valence-electron chi connectivity index (χ1n) is 4.59. The van der Waals surface area contributed by atoms with Crippen molar-refractivity contribution in [2.24, 2.45) is 0 Å². The fourth-order valence-corrected chi connectivity index (χ4v) is 2.23. The van der Waals surface area contributed by atoms with E-state index >= 15 is 0 Å². The van der Waals surface area contributed by atoms with Crippen molar-refractivity contribution in [3.8, 4) is 0 Å². The lowest BCUT2D eigenvalue weighted by atomic mass is 9.96. The molecule has 1 rings (SSSR count). The zero-order valence-electron chi connectivity index (χ0n) is 8.43. The molecule has 0 bridgehead atoms. The quantitative estimate of drug-likeness (QED) is 0.878. The van der Waals surface area contributed by atoms with E-state index in [0.29, 0.717) is 24.2 Å². The number of alkyl halides is 3. The number of hydrogen-bond acceptors (Lipinski definition) is 3. The molecule has 0 fully saturated rings. The van der Waals surface area contributed by atoms with Crippen LogP contribution in [0, 0.1) is 0 Å². The van der Waals surface area contributed by atoms with E-state index in [9.17, 15) is 18.3 Å². The lowest BCUT2D eigenvalue weighted by Crippen LogP contribution is -2.21. The molecule has 0 unspecified atom stereocenters. The van der Waals surface area contributed by atoms with Gasteiger partial charge in [-0.05, 0) is 12.8 Å². The molecule has 0 aliphatic heterocycles. The Balaban J connectivity index is 3.03. The highest BCUT2D eigenvalue weighted by atomic mass is 32.1. The second kappa shape index (κ2) is 4.09. The summed E-state index contributed by atoms with van der Waals surface area (Å²) >= 11 is 0.510. The molecule has 0 atom stereocenters. The van der Waals surface area contributed by atoms with E-state index in [1.807, 2.05) is 0 Å². The van der Waals surface area contributed by atoms with Gasteiger partial charge in [-0.25, -0.2) is 4.98 Å². The van der Waals surface area contributed by atoms with Gasteiger partial charge in [-0.2, -0.15) is 13.2 Å². The van der Waals surface area contributed by atoms with Crippen LogP contribution in [0.2, 0.25) is 0 Å². The molecular weight excluding hydrogens is 227 g/mol. The van der Waals surface area contributed by atoms with Gasteiger partial charge in [0, 0.05) is 6.20 Å². The Hall–Kier alpha value is -0.620. The summed E-state index contributed by atoms with van der Waals surface area (Å²) in [6, 6.07) is 0. The number of hydrogen-bond donors (Lipinski definition) is 1. The summed E-state index contributed by atoms with van der Waals surface area (Å²) in [7, 11) is 0. The maximum atomic E-state index is 12.3. The van der Waals surface area contributed by atoms with E-state index in [1.165, 1.54) is 0 Å². The molecule has 1 heterocycles. The number of thiazole rings is 1. The molecule has 15 heavy (non-hydrogen) atoms. The Morgan fingerprint density at radius 2 is 1.87 bits per heavy atom. The topological polar surface area (TPSA) is 33.1 Å². The molecule has 0 radical (unpaired) electrons. The highest BCUT2D eigenvalue weighted by Gasteiger charge is 2.37. The maximum absolute atomic E-state index is 12.3. The molecule has 0 saturated heterocycles. The van der Waals surface area contributed by atoms with Crippen molar-refractivity contribution in [3.05, 3.63) is 16.1 Å². The molecule has 0 aromatic carbocycles. The molecule has 0 spiro atoms. The van der Waals surface area contributed by atoms with Crippen LogP contribution < -0.4 is 0 Å². The molecule has 0 saturated carbocycles. The van der Waals surface area contributed by atoms with Gasteiger partial charge in [-0.15, -0.1) is 11.3 Å². The minimum absolute atomic E-state index is 0.278. The first-order valence-corrected chi connectivity index (χ1v) is 5.41. The molecule has 0 aliphatic rings. The maximum Gasteiger partial charge on any atom is 0.443 e. The van der Waals surface area contributed by atoms with Crippen molar-refractivity contribution >= 4 is 11.3 Å². The highest BCUT2D eigenvalue weighted by Crippen LogP contribution is 2.38. The van der Waals surface area contributed by atoms with Gasteiger partial charge >= 0.3 is 6.18 Å². The van der Waals surface area contributed by atoms with Crippen LogP contribution in [0.1, 0.15) is 36.6 Å². The van der Waals surface area contributed by atoms with E-state index in [4.69, 9.17) is 0 Å². The van der Waals surface area contributed by atoms with E-state index in [0.717, 1.165) is 6.20 Å². The summed E-state index contributed by atoms with van der Waals surface area (Å²) in [6.07, 6.45) is -2.56. The SMILES string of the molecule is CCC(O)(CC)c1cnc(C(F)(F)F)s1. The molecule has 2 nitrogen and oxygen atoms in total. The second-order valence-electron chi connectivity index (χ2n) is 3.27. The smallest absolute Gasteiger partial charge is 0.384 e. The van der Waals surface area contributed by atoms with Gasteiger partial charge in [0.05, 0.1) is 10.5 Å². The minimum Gasteiger partial charge on any atom is -0.384 e. The Bertz CT molecular complexity index is 330. The first kappa shape index (κ1) is 12.4. The number of halogens is 3. The Morgan fingerprint density at radius 1 is 1.33 bits per heavy atom. The zero-order valence-corrected chi connectivity index (χ0v) is 9.24.